The molecule has 0 radical (unpaired) electrons. The van der Waals surface area contributed by atoms with Crippen molar-refractivity contribution in [3.05, 3.63) is 35.2 Å². The van der Waals surface area contributed by atoms with Gasteiger partial charge in [0.2, 0.25) is 0 Å². The summed E-state index contributed by atoms with van der Waals surface area (Å²) in [6.07, 6.45) is 3.34. The van der Waals surface area contributed by atoms with E-state index in [9.17, 15) is 4.79 Å². The Morgan fingerprint density at radius 1 is 1.37 bits per heavy atom. The first-order valence-electron chi connectivity index (χ1n) is 6.63. The molecule has 0 aliphatic heterocycles. The molecule has 0 saturated heterocycles. The maximum atomic E-state index is 12.3. The summed E-state index contributed by atoms with van der Waals surface area (Å²) in [4.78, 5) is 13.1. The zero-order valence-electron chi connectivity index (χ0n) is 10.6. The largest absolute Gasteiger partial charge is 0.348 e. The lowest BCUT2D eigenvalue weighted by Gasteiger charge is -2.18. The van der Waals surface area contributed by atoms with Crippen molar-refractivity contribution in [1.82, 2.24) is 5.32 Å². The third-order valence-electron chi connectivity index (χ3n) is 3.82. The maximum Gasteiger partial charge on any atom is 0.261 e. The van der Waals surface area contributed by atoms with E-state index in [0.717, 1.165) is 34.2 Å². The maximum absolute atomic E-state index is 12.3. The molecule has 1 aromatic heterocycles. The van der Waals surface area contributed by atoms with Gasteiger partial charge in [-0.05, 0) is 36.3 Å². The quantitative estimate of drug-likeness (QED) is 0.850. The first kappa shape index (κ1) is 12.9. The molecule has 2 aromatic rings. The third-order valence-corrected chi connectivity index (χ3v) is 5.33. The van der Waals surface area contributed by atoms with Gasteiger partial charge in [0.25, 0.3) is 5.91 Å². The summed E-state index contributed by atoms with van der Waals surface area (Å²) in [6, 6.07) is 10.3. The van der Waals surface area contributed by atoms with E-state index in [1.807, 2.05) is 30.3 Å². The molecule has 1 N–H and O–H groups in total. The van der Waals surface area contributed by atoms with E-state index in [2.05, 4.69) is 5.32 Å². The predicted octanol–water partition coefficient (Wildman–Crippen LogP) is 4.04. The Morgan fingerprint density at radius 2 is 2.21 bits per heavy atom. The van der Waals surface area contributed by atoms with Gasteiger partial charge in [-0.3, -0.25) is 4.79 Å². The molecule has 1 saturated carbocycles. The van der Waals surface area contributed by atoms with Gasteiger partial charge in [-0.1, -0.05) is 24.6 Å². The number of alkyl halides is 1. The van der Waals surface area contributed by atoms with Crippen molar-refractivity contribution >= 4 is 38.9 Å². The number of fused-ring (bicyclic) bond motifs is 1. The molecular weight excluding hydrogens is 278 g/mol. The highest BCUT2D eigenvalue weighted by atomic mass is 35.5. The monoisotopic (exact) mass is 293 g/mol. The Labute approximate surface area is 121 Å². The fourth-order valence-corrected chi connectivity index (χ4v) is 4.08. The highest BCUT2D eigenvalue weighted by Crippen LogP contribution is 2.29. The molecule has 0 bridgehead atoms. The number of halogens is 1. The minimum Gasteiger partial charge on any atom is -0.348 e. The van der Waals surface area contributed by atoms with Crippen LogP contribution in [-0.2, 0) is 0 Å². The van der Waals surface area contributed by atoms with Gasteiger partial charge in [-0.15, -0.1) is 22.9 Å². The van der Waals surface area contributed by atoms with Crippen molar-refractivity contribution in [3.63, 3.8) is 0 Å². The van der Waals surface area contributed by atoms with E-state index in [-0.39, 0.29) is 11.9 Å². The average Bonchev–Trinajstić information content (AvgIpc) is 3.03. The van der Waals surface area contributed by atoms with E-state index in [1.165, 1.54) is 0 Å². The number of carbonyl (C=O) groups excluding carboxylic acids is 1. The van der Waals surface area contributed by atoms with Crippen molar-refractivity contribution < 1.29 is 4.79 Å². The molecule has 2 unspecified atom stereocenters. The fraction of sp³-hybridized carbons (Fsp3) is 0.400. The molecule has 0 spiro atoms. The van der Waals surface area contributed by atoms with Gasteiger partial charge in [0.15, 0.2) is 0 Å². The summed E-state index contributed by atoms with van der Waals surface area (Å²) in [5.74, 6) is 1.11. The van der Waals surface area contributed by atoms with Gasteiger partial charge in [-0.2, -0.15) is 0 Å². The standard InChI is InChI=1S/C15H16ClNOS/c16-9-11-5-3-6-12(11)17-15(18)14-8-10-4-1-2-7-13(10)19-14/h1-2,4,7-8,11-12H,3,5-6,9H2,(H,17,18). The molecule has 1 aromatic carbocycles. The van der Waals surface area contributed by atoms with E-state index < -0.39 is 0 Å². The second-order valence-corrected chi connectivity index (χ2v) is 6.47. The van der Waals surface area contributed by atoms with Gasteiger partial charge < -0.3 is 5.32 Å². The topological polar surface area (TPSA) is 29.1 Å². The van der Waals surface area contributed by atoms with Crippen LogP contribution in [0.5, 0.6) is 0 Å². The second kappa shape index (κ2) is 5.51. The van der Waals surface area contributed by atoms with Gasteiger partial charge in [-0.25, -0.2) is 0 Å². The molecular formula is C15H16ClNOS. The van der Waals surface area contributed by atoms with Gasteiger partial charge in [0.05, 0.1) is 4.88 Å². The van der Waals surface area contributed by atoms with Crippen molar-refractivity contribution in [3.8, 4) is 0 Å². The first-order chi connectivity index (χ1) is 9.28. The third kappa shape index (κ3) is 2.63. The summed E-state index contributed by atoms with van der Waals surface area (Å²) in [5, 5.41) is 4.28. The second-order valence-electron chi connectivity index (χ2n) is 5.07. The molecule has 100 valence electrons. The Kier molecular flexibility index (Phi) is 3.76. The number of rotatable bonds is 3. The summed E-state index contributed by atoms with van der Waals surface area (Å²) in [5.41, 5.74) is 0. The smallest absolute Gasteiger partial charge is 0.261 e. The number of nitrogens with one attached hydrogen (secondary N) is 1. The Morgan fingerprint density at radius 3 is 3.00 bits per heavy atom. The molecule has 3 rings (SSSR count). The normalized spacial score (nSPS) is 22.8. The number of amides is 1. The average molecular weight is 294 g/mol. The Bertz CT molecular complexity index is 562. The van der Waals surface area contributed by atoms with Crippen LogP contribution in [0.2, 0.25) is 0 Å². The number of benzene rings is 1. The minimum atomic E-state index is 0.0446. The lowest BCUT2D eigenvalue weighted by Crippen LogP contribution is -2.37. The lowest BCUT2D eigenvalue weighted by molar-refractivity contribution is 0.0934. The molecule has 2 atom stereocenters. The number of hydrogen-bond donors (Lipinski definition) is 1. The van der Waals surface area contributed by atoms with E-state index >= 15 is 0 Å². The van der Waals surface area contributed by atoms with Crippen molar-refractivity contribution in [2.45, 2.75) is 25.3 Å². The van der Waals surface area contributed by atoms with Crippen LogP contribution in [0.4, 0.5) is 0 Å². The molecule has 1 heterocycles. The predicted molar refractivity (Wildman–Crippen MR) is 81.1 cm³/mol. The van der Waals surface area contributed by atoms with Crippen LogP contribution in [0.1, 0.15) is 28.9 Å². The molecule has 1 aliphatic rings. The Balaban J connectivity index is 1.76. The Hall–Kier alpha value is -1.06. The molecule has 4 heteroatoms. The van der Waals surface area contributed by atoms with Crippen molar-refractivity contribution in [2.24, 2.45) is 5.92 Å². The summed E-state index contributed by atoms with van der Waals surface area (Å²) in [6.45, 7) is 0. The first-order valence-corrected chi connectivity index (χ1v) is 7.98. The minimum absolute atomic E-state index is 0.0446. The van der Waals surface area contributed by atoms with E-state index in [4.69, 9.17) is 11.6 Å². The zero-order chi connectivity index (χ0) is 13.2. The van der Waals surface area contributed by atoms with Crippen molar-refractivity contribution in [1.29, 1.82) is 0 Å². The highest BCUT2D eigenvalue weighted by molar-refractivity contribution is 7.20. The van der Waals surface area contributed by atoms with Gasteiger partial charge in [0.1, 0.15) is 0 Å². The van der Waals surface area contributed by atoms with Crippen LogP contribution < -0.4 is 5.32 Å². The fourth-order valence-electron chi connectivity index (χ4n) is 2.74. The lowest BCUT2D eigenvalue weighted by atomic mass is 10.1. The van der Waals surface area contributed by atoms with Crippen molar-refractivity contribution in [2.75, 3.05) is 5.88 Å². The molecule has 1 amide bonds. The summed E-state index contributed by atoms with van der Waals surface area (Å²) < 4.78 is 1.16. The molecule has 2 nitrogen and oxygen atoms in total. The summed E-state index contributed by atoms with van der Waals surface area (Å²) >= 11 is 7.50. The van der Waals surface area contributed by atoms with Gasteiger partial charge in [0, 0.05) is 16.6 Å². The van der Waals surface area contributed by atoms with Crippen LogP contribution in [0, 0.1) is 5.92 Å². The number of carbonyl (C=O) groups is 1. The molecule has 19 heavy (non-hydrogen) atoms. The van der Waals surface area contributed by atoms with E-state index in [0.29, 0.717) is 11.8 Å². The van der Waals surface area contributed by atoms with Crippen LogP contribution in [0.15, 0.2) is 30.3 Å². The summed E-state index contributed by atoms with van der Waals surface area (Å²) in [7, 11) is 0. The highest BCUT2D eigenvalue weighted by Gasteiger charge is 2.28. The zero-order valence-corrected chi connectivity index (χ0v) is 12.1. The number of thiophene rings is 1. The van der Waals surface area contributed by atoms with Crippen LogP contribution in [0.3, 0.4) is 0 Å². The SMILES string of the molecule is O=C(NC1CCCC1CCl)c1cc2ccccc2s1. The van der Waals surface area contributed by atoms with Crippen LogP contribution >= 0.6 is 22.9 Å². The number of hydrogen-bond acceptors (Lipinski definition) is 2. The van der Waals surface area contributed by atoms with Crippen LogP contribution in [-0.4, -0.2) is 17.8 Å². The van der Waals surface area contributed by atoms with Gasteiger partial charge >= 0.3 is 0 Å². The van der Waals surface area contributed by atoms with Crippen LogP contribution in [0.25, 0.3) is 10.1 Å². The van der Waals surface area contributed by atoms with E-state index in [1.54, 1.807) is 11.3 Å². The molecule has 1 fully saturated rings. The molecule has 1 aliphatic carbocycles.